The lowest BCUT2D eigenvalue weighted by Crippen LogP contribution is -2.46. The molecule has 5 heteroatoms. The molecule has 0 aliphatic rings. The highest BCUT2D eigenvalue weighted by Gasteiger charge is 2.39. The molecule has 1 aromatic rings. The molecule has 0 saturated carbocycles. The van der Waals surface area contributed by atoms with Crippen LogP contribution in [0.1, 0.15) is 26.3 Å². The largest absolute Gasteiger partial charge is 0.501 e. The Morgan fingerprint density at radius 1 is 0.947 bits per heavy atom. The van der Waals surface area contributed by atoms with E-state index in [9.17, 15) is 4.39 Å². The quantitative estimate of drug-likeness (QED) is 0.651. The average Bonchev–Trinajstić information content (AvgIpc) is 2.39. The summed E-state index contributed by atoms with van der Waals surface area (Å²) >= 11 is 0. The molecule has 0 aromatic heterocycles. The van der Waals surface area contributed by atoms with E-state index in [1.54, 1.807) is 12.1 Å². The molecule has 0 aliphatic heterocycles. The van der Waals surface area contributed by atoms with Gasteiger partial charge in [-0.25, -0.2) is 4.39 Å². The summed E-state index contributed by atoms with van der Waals surface area (Å²) in [5.74, 6) is -0.185. The van der Waals surface area contributed by atoms with Crippen LogP contribution in [0.15, 0.2) is 24.3 Å². The van der Waals surface area contributed by atoms with E-state index in [0.29, 0.717) is 37.8 Å². The van der Waals surface area contributed by atoms with E-state index in [1.807, 2.05) is 26.8 Å². The SMILES string of the molecule is CCO[Si](CCc1ccccc1F)(OCC)OCC. The molecule has 0 aliphatic carbocycles. The summed E-state index contributed by atoms with van der Waals surface area (Å²) in [7, 11) is -2.67. The van der Waals surface area contributed by atoms with Crippen molar-refractivity contribution < 1.29 is 17.7 Å². The van der Waals surface area contributed by atoms with E-state index in [-0.39, 0.29) is 5.82 Å². The van der Waals surface area contributed by atoms with Crippen LogP contribution in [0.5, 0.6) is 0 Å². The van der Waals surface area contributed by atoms with Gasteiger partial charge in [0.1, 0.15) is 5.82 Å². The van der Waals surface area contributed by atoms with E-state index in [2.05, 4.69) is 0 Å². The van der Waals surface area contributed by atoms with Gasteiger partial charge in [0.05, 0.1) is 0 Å². The zero-order chi connectivity index (χ0) is 14.1. The zero-order valence-corrected chi connectivity index (χ0v) is 12.9. The van der Waals surface area contributed by atoms with Crippen LogP contribution >= 0.6 is 0 Å². The molecule has 0 radical (unpaired) electrons. The van der Waals surface area contributed by atoms with Crippen LogP contribution in [0, 0.1) is 5.82 Å². The van der Waals surface area contributed by atoms with Gasteiger partial charge in [0.15, 0.2) is 0 Å². The first kappa shape index (κ1) is 16.3. The van der Waals surface area contributed by atoms with Gasteiger partial charge in [-0.1, -0.05) is 18.2 Å². The smallest absolute Gasteiger partial charge is 0.374 e. The van der Waals surface area contributed by atoms with Crippen molar-refractivity contribution in [1.82, 2.24) is 0 Å². The molecule has 108 valence electrons. The van der Waals surface area contributed by atoms with Gasteiger partial charge in [0.25, 0.3) is 0 Å². The van der Waals surface area contributed by atoms with Gasteiger partial charge in [-0.15, -0.1) is 0 Å². The Morgan fingerprint density at radius 2 is 1.47 bits per heavy atom. The molecule has 0 atom stereocenters. The van der Waals surface area contributed by atoms with Gasteiger partial charge in [-0.05, 0) is 38.8 Å². The standard InChI is InChI=1S/C14H23FO3Si/c1-4-16-19(17-5-2,18-6-3)12-11-13-9-7-8-10-14(13)15/h7-10H,4-6,11-12H2,1-3H3. The molecular weight excluding hydrogens is 263 g/mol. The van der Waals surface area contributed by atoms with E-state index in [0.717, 1.165) is 0 Å². The number of aryl methyl sites for hydroxylation is 1. The highest BCUT2D eigenvalue weighted by atomic mass is 28.4. The minimum absolute atomic E-state index is 0.185. The van der Waals surface area contributed by atoms with Crippen molar-refractivity contribution in [3.8, 4) is 0 Å². The topological polar surface area (TPSA) is 27.7 Å². The van der Waals surface area contributed by atoms with Gasteiger partial charge in [-0.3, -0.25) is 0 Å². The van der Waals surface area contributed by atoms with Gasteiger partial charge < -0.3 is 13.3 Å². The second-order valence-corrected chi connectivity index (χ2v) is 6.81. The Morgan fingerprint density at radius 3 is 1.95 bits per heavy atom. The van der Waals surface area contributed by atoms with E-state index in [4.69, 9.17) is 13.3 Å². The summed E-state index contributed by atoms with van der Waals surface area (Å²) in [4.78, 5) is 0. The summed E-state index contributed by atoms with van der Waals surface area (Å²) in [6, 6.07) is 7.39. The van der Waals surface area contributed by atoms with Crippen LogP contribution in [-0.2, 0) is 19.7 Å². The van der Waals surface area contributed by atoms with Crippen LogP contribution < -0.4 is 0 Å². The third-order valence-corrected chi connectivity index (χ3v) is 5.80. The number of benzene rings is 1. The molecule has 0 spiro atoms. The molecule has 0 bridgehead atoms. The molecule has 0 N–H and O–H groups in total. The molecule has 0 saturated heterocycles. The molecular formula is C14H23FO3Si. The fraction of sp³-hybridized carbons (Fsp3) is 0.571. The van der Waals surface area contributed by atoms with Crippen LogP contribution in [0.2, 0.25) is 6.04 Å². The fourth-order valence-electron chi connectivity index (χ4n) is 1.99. The predicted octanol–water partition coefficient (Wildman–Crippen LogP) is 3.42. The van der Waals surface area contributed by atoms with Gasteiger partial charge in [0, 0.05) is 25.9 Å². The van der Waals surface area contributed by atoms with Crippen molar-refractivity contribution in [3.63, 3.8) is 0 Å². The van der Waals surface area contributed by atoms with Gasteiger partial charge >= 0.3 is 8.80 Å². The zero-order valence-electron chi connectivity index (χ0n) is 11.9. The number of rotatable bonds is 9. The first-order valence-electron chi connectivity index (χ1n) is 6.82. The Kier molecular flexibility index (Phi) is 7.23. The van der Waals surface area contributed by atoms with E-state index < -0.39 is 8.80 Å². The minimum Gasteiger partial charge on any atom is -0.374 e. The van der Waals surface area contributed by atoms with E-state index >= 15 is 0 Å². The maximum Gasteiger partial charge on any atom is 0.501 e. The number of halogens is 1. The summed E-state index contributed by atoms with van der Waals surface area (Å²) in [5.41, 5.74) is 0.679. The first-order valence-corrected chi connectivity index (χ1v) is 8.76. The monoisotopic (exact) mass is 286 g/mol. The second kappa shape index (κ2) is 8.42. The Labute approximate surface area is 116 Å². The molecule has 19 heavy (non-hydrogen) atoms. The normalized spacial score (nSPS) is 11.8. The average molecular weight is 286 g/mol. The maximum absolute atomic E-state index is 13.6. The van der Waals surface area contributed by atoms with Crippen molar-refractivity contribution in [2.24, 2.45) is 0 Å². The third-order valence-electron chi connectivity index (χ3n) is 2.75. The minimum atomic E-state index is -2.67. The molecule has 1 aromatic carbocycles. The fourth-order valence-corrected chi connectivity index (χ4v) is 4.57. The lowest BCUT2D eigenvalue weighted by atomic mass is 10.2. The van der Waals surface area contributed by atoms with Crippen LogP contribution in [0.25, 0.3) is 0 Å². The Balaban J connectivity index is 2.73. The van der Waals surface area contributed by atoms with Crippen LogP contribution in [-0.4, -0.2) is 28.6 Å². The Bertz CT molecular complexity index is 356. The van der Waals surface area contributed by atoms with Crippen molar-refractivity contribution >= 4 is 8.80 Å². The second-order valence-electron chi connectivity index (χ2n) is 4.07. The van der Waals surface area contributed by atoms with Crippen molar-refractivity contribution in [2.75, 3.05) is 19.8 Å². The summed E-state index contributed by atoms with van der Waals surface area (Å²) in [6.45, 7) is 7.39. The van der Waals surface area contributed by atoms with Crippen molar-refractivity contribution in [3.05, 3.63) is 35.6 Å². The number of hydrogen-bond acceptors (Lipinski definition) is 3. The molecule has 0 unspecified atom stereocenters. The molecule has 0 amide bonds. The molecule has 0 fully saturated rings. The predicted molar refractivity (Wildman–Crippen MR) is 75.5 cm³/mol. The molecule has 1 rings (SSSR count). The summed E-state index contributed by atoms with van der Waals surface area (Å²) < 4.78 is 30.8. The van der Waals surface area contributed by atoms with Crippen molar-refractivity contribution in [2.45, 2.75) is 33.2 Å². The maximum atomic E-state index is 13.6. The molecule has 0 heterocycles. The van der Waals surface area contributed by atoms with Crippen molar-refractivity contribution in [1.29, 1.82) is 0 Å². The molecule has 3 nitrogen and oxygen atoms in total. The van der Waals surface area contributed by atoms with Crippen LogP contribution in [0.4, 0.5) is 4.39 Å². The summed E-state index contributed by atoms with van der Waals surface area (Å²) in [5, 5.41) is 0. The summed E-state index contributed by atoms with van der Waals surface area (Å²) in [6.07, 6.45) is 0.568. The van der Waals surface area contributed by atoms with Gasteiger partial charge in [-0.2, -0.15) is 0 Å². The lowest BCUT2D eigenvalue weighted by molar-refractivity contribution is 0.0714. The Hall–Kier alpha value is -0.753. The highest BCUT2D eigenvalue weighted by molar-refractivity contribution is 6.60. The number of hydrogen-bond donors (Lipinski definition) is 0. The third kappa shape index (κ3) is 5.02. The first-order chi connectivity index (χ1) is 9.17. The highest BCUT2D eigenvalue weighted by Crippen LogP contribution is 2.20. The van der Waals surface area contributed by atoms with E-state index in [1.165, 1.54) is 6.07 Å². The van der Waals surface area contributed by atoms with Gasteiger partial charge in [0.2, 0.25) is 0 Å². The van der Waals surface area contributed by atoms with Crippen LogP contribution in [0.3, 0.4) is 0 Å². The lowest BCUT2D eigenvalue weighted by Gasteiger charge is -2.28.